The van der Waals surface area contributed by atoms with Gasteiger partial charge in [0, 0.05) is 23.5 Å². The van der Waals surface area contributed by atoms with Gasteiger partial charge in [0.25, 0.3) is 0 Å². The highest BCUT2D eigenvalue weighted by Gasteiger charge is 2.56. The van der Waals surface area contributed by atoms with Gasteiger partial charge in [-0.2, -0.15) is 0 Å². The zero-order valence-electron chi connectivity index (χ0n) is 16.9. The Morgan fingerprint density at radius 1 is 1.04 bits per heavy atom. The Bertz CT molecular complexity index is 874. The van der Waals surface area contributed by atoms with Crippen LogP contribution in [0.5, 0.6) is 5.88 Å². The zero-order chi connectivity index (χ0) is 19.8. The topological polar surface area (TPSA) is 45.7 Å². The smallest absolute Gasteiger partial charge is 0.363 e. The maximum absolute atomic E-state index is 12.4. The van der Waals surface area contributed by atoms with Crippen molar-refractivity contribution < 1.29 is 9.53 Å². The number of carbonyl (C=O) groups excluding carboxylic acids is 1. The molecule has 3 aliphatic heterocycles. The van der Waals surface area contributed by atoms with Gasteiger partial charge in [-0.3, -0.25) is 0 Å². The van der Waals surface area contributed by atoms with E-state index >= 15 is 0 Å². The fraction of sp³-hybridized carbons (Fsp3) is 0.364. The summed E-state index contributed by atoms with van der Waals surface area (Å²) in [5, 5.41) is 0. The molecule has 0 N–H and O–H groups in total. The van der Waals surface area contributed by atoms with E-state index in [1.807, 2.05) is 58.2 Å². The van der Waals surface area contributed by atoms with E-state index in [4.69, 9.17) is 4.74 Å². The molecule has 0 radical (unpaired) electrons. The molecule has 0 saturated carbocycles. The highest BCUT2D eigenvalue weighted by Crippen LogP contribution is 2.56. The molecule has 142 valence electrons. The molecule has 0 bridgehead atoms. The minimum atomic E-state index is -0.344. The summed E-state index contributed by atoms with van der Waals surface area (Å²) >= 11 is 0. The normalized spacial score (nSPS) is 19.9. The molecule has 1 aromatic heterocycles. The van der Waals surface area contributed by atoms with Crippen molar-refractivity contribution in [3.8, 4) is 5.88 Å². The molecule has 4 heterocycles. The molecule has 27 heavy (non-hydrogen) atoms. The first-order valence-corrected chi connectivity index (χ1v) is 9.65. The first-order valence-electron chi connectivity index (χ1n) is 9.65. The Labute approximate surface area is 161 Å². The van der Waals surface area contributed by atoms with Gasteiger partial charge in [0.1, 0.15) is 17.6 Å². The number of ether oxygens (including phenoxy) is 1. The maximum Gasteiger partial charge on any atom is 0.363 e. The quantitative estimate of drug-likeness (QED) is 0.677. The number of hydrogen-bond donors (Lipinski definition) is 0. The molecule has 3 aliphatic rings. The molecule has 1 unspecified atom stereocenters. The second kappa shape index (κ2) is 7.06. The van der Waals surface area contributed by atoms with Crippen molar-refractivity contribution in [1.82, 2.24) is 4.98 Å². The molecule has 5 heteroatoms. The van der Waals surface area contributed by atoms with Crippen LogP contribution >= 0.6 is 0 Å². The lowest BCUT2D eigenvalue weighted by molar-refractivity contribution is -0.130. The Kier molecular flexibility index (Phi) is 4.96. The van der Waals surface area contributed by atoms with E-state index in [1.165, 1.54) is 0 Å². The van der Waals surface area contributed by atoms with Gasteiger partial charge in [-0.25, -0.2) is 9.78 Å². The first kappa shape index (κ1) is 19.0. The average Bonchev–Trinajstić information content (AvgIpc) is 3.23. The minimum Gasteiger partial charge on any atom is -0.400 e. The van der Waals surface area contributed by atoms with Crippen molar-refractivity contribution in [1.29, 1.82) is 0 Å². The van der Waals surface area contributed by atoms with Crippen LogP contribution in [0.3, 0.4) is 0 Å². The molecule has 1 atom stereocenters. The van der Waals surface area contributed by atoms with Crippen LogP contribution in [0.4, 0.5) is 11.4 Å². The number of carbonyl (C=O) groups is 1. The monoisotopic (exact) mass is 365 g/mol. The van der Waals surface area contributed by atoms with Crippen LogP contribution in [0.25, 0.3) is 0 Å². The van der Waals surface area contributed by atoms with Crippen LogP contribution in [0.2, 0.25) is 0 Å². The van der Waals surface area contributed by atoms with Gasteiger partial charge < -0.3 is 14.5 Å². The fourth-order valence-electron chi connectivity index (χ4n) is 3.94. The Hall–Kier alpha value is -2.82. The third-order valence-electron chi connectivity index (χ3n) is 4.95. The number of esters is 1. The van der Waals surface area contributed by atoms with E-state index in [0.29, 0.717) is 11.6 Å². The van der Waals surface area contributed by atoms with Crippen LogP contribution in [0.15, 0.2) is 54.5 Å². The summed E-state index contributed by atoms with van der Waals surface area (Å²) in [5.41, 5.74) is 3.54. The molecule has 0 saturated heterocycles. The number of nitrogens with zero attached hydrogens (tertiary/aromatic N) is 3. The molecular formula is C22H27N3O2. The van der Waals surface area contributed by atoms with Crippen LogP contribution < -0.4 is 14.5 Å². The van der Waals surface area contributed by atoms with Gasteiger partial charge in [-0.1, -0.05) is 59.7 Å². The summed E-state index contributed by atoms with van der Waals surface area (Å²) in [4.78, 5) is 20.9. The van der Waals surface area contributed by atoms with E-state index in [0.717, 1.165) is 16.9 Å². The predicted octanol–water partition coefficient (Wildman–Crippen LogP) is 4.84. The second-order valence-electron chi connectivity index (χ2n) is 6.62. The van der Waals surface area contributed by atoms with Gasteiger partial charge in [-0.05, 0) is 23.8 Å². The summed E-state index contributed by atoms with van der Waals surface area (Å²) in [6.45, 7) is 12.4. The van der Waals surface area contributed by atoms with Crippen molar-refractivity contribution in [2.75, 3.05) is 9.80 Å². The maximum atomic E-state index is 12.4. The molecule has 5 rings (SSSR count). The minimum absolute atomic E-state index is 0.00528. The van der Waals surface area contributed by atoms with E-state index in [1.54, 1.807) is 6.20 Å². The number of rotatable bonds is 1. The number of anilines is 2. The lowest BCUT2D eigenvalue weighted by atomic mass is 9.84. The van der Waals surface area contributed by atoms with Crippen molar-refractivity contribution in [2.45, 2.75) is 53.1 Å². The Morgan fingerprint density at radius 3 is 2.37 bits per heavy atom. The second-order valence-corrected chi connectivity index (χ2v) is 6.62. The largest absolute Gasteiger partial charge is 0.400 e. The standard InChI is InChI=1S/C18H15N3O2.2C2H6/c1-18(2)12-8-9-19-15-14(12)21-13(16(22)23-15)10-20(17(18)21)11-6-4-3-5-7-11;2*1-2/h3-10,17H,1-2H3;2*1-2H3. The van der Waals surface area contributed by atoms with Crippen molar-refractivity contribution >= 4 is 17.3 Å². The predicted molar refractivity (Wildman–Crippen MR) is 109 cm³/mol. The van der Waals surface area contributed by atoms with E-state index < -0.39 is 0 Å². The number of hydrogen-bond acceptors (Lipinski definition) is 5. The van der Waals surface area contributed by atoms with Crippen LogP contribution in [-0.2, 0) is 10.2 Å². The average molecular weight is 365 g/mol. The third kappa shape index (κ3) is 2.60. The summed E-state index contributed by atoms with van der Waals surface area (Å²) < 4.78 is 5.44. The molecule has 1 aromatic carbocycles. The van der Waals surface area contributed by atoms with Gasteiger partial charge in [0.05, 0.1) is 0 Å². The fourth-order valence-corrected chi connectivity index (χ4v) is 3.94. The van der Waals surface area contributed by atoms with Crippen LogP contribution in [0.1, 0.15) is 47.1 Å². The molecule has 0 fully saturated rings. The Morgan fingerprint density at radius 2 is 1.70 bits per heavy atom. The molecular weight excluding hydrogens is 338 g/mol. The van der Waals surface area contributed by atoms with Gasteiger partial charge in [-0.15, -0.1) is 0 Å². The zero-order valence-corrected chi connectivity index (χ0v) is 16.9. The molecule has 5 nitrogen and oxygen atoms in total. The van der Waals surface area contributed by atoms with Crippen molar-refractivity contribution in [2.24, 2.45) is 0 Å². The Balaban J connectivity index is 0.000000495. The number of benzene rings is 1. The summed E-state index contributed by atoms with van der Waals surface area (Å²) in [6, 6.07) is 12.1. The third-order valence-corrected chi connectivity index (χ3v) is 4.95. The number of para-hydroxylation sites is 1. The molecule has 0 amide bonds. The molecule has 0 aliphatic carbocycles. The van der Waals surface area contributed by atoms with E-state index in [9.17, 15) is 4.79 Å². The lowest BCUT2D eigenvalue weighted by Crippen LogP contribution is -2.48. The summed E-state index contributed by atoms with van der Waals surface area (Å²) in [7, 11) is 0. The van der Waals surface area contributed by atoms with Crippen LogP contribution in [-0.4, -0.2) is 17.1 Å². The summed E-state index contributed by atoms with van der Waals surface area (Å²) in [5.74, 6) is 0.0680. The first-order chi connectivity index (χ1) is 13.1. The molecule has 0 spiro atoms. The highest BCUT2D eigenvalue weighted by molar-refractivity contribution is 6.02. The number of aromatic nitrogens is 1. The molecule has 2 aromatic rings. The highest BCUT2D eigenvalue weighted by atomic mass is 16.5. The van der Waals surface area contributed by atoms with E-state index in [-0.39, 0.29) is 17.6 Å². The van der Waals surface area contributed by atoms with E-state index in [2.05, 4.69) is 40.8 Å². The van der Waals surface area contributed by atoms with Gasteiger partial charge in [0.15, 0.2) is 0 Å². The lowest BCUT2D eigenvalue weighted by Gasteiger charge is -2.36. The van der Waals surface area contributed by atoms with Crippen molar-refractivity contribution in [3.63, 3.8) is 0 Å². The summed E-state index contributed by atoms with van der Waals surface area (Å²) in [6.07, 6.45) is 3.61. The van der Waals surface area contributed by atoms with Crippen molar-refractivity contribution in [3.05, 3.63) is 60.1 Å². The number of pyridine rings is 1. The van der Waals surface area contributed by atoms with Crippen LogP contribution in [0, 0.1) is 0 Å². The SMILES string of the molecule is CC.CC.CC1(C)c2ccnc3c2N2C(=CN(c4ccccc4)C21)C(=O)O3. The van der Waals surface area contributed by atoms with Gasteiger partial charge >= 0.3 is 5.97 Å². The van der Waals surface area contributed by atoms with Gasteiger partial charge in [0.2, 0.25) is 5.88 Å².